The van der Waals surface area contributed by atoms with Crippen molar-refractivity contribution >= 4 is 23.0 Å². The lowest BCUT2D eigenvalue weighted by molar-refractivity contribution is -0.112. The van der Waals surface area contributed by atoms with Gasteiger partial charge in [0.25, 0.3) is 11.5 Å². The number of rotatable bonds is 6. The van der Waals surface area contributed by atoms with E-state index in [-0.39, 0.29) is 5.54 Å². The highest BCUT2D eigenvalue weighted by atomic mass is 16.5. The minimum Gasteiger partial charge on any atom is -0.493 e. The summed E-state index contributed by atoms with van der Waals surface area (Å²) in [5, 5.41) is 4.56. The fourth-order valence-corrected chi connectivity index (χ4v) is 3.01. The summed E-state index contributed by atoms with van der Waals surface area (Å²) >= 11 is 0. The number of nitrogens with zero attached hydrogens (tertiary/aromatic N) is 4. The average molecular weight is 427 g/mol. The first-order valence-corrected chi connectivity index (χ1v) is 9.44. The zero-order chi connectivity index (χ0) is 22.8. The second kappa shape index (κ2) is 8.50. The molecule has 0 aliphatic heterocycles. The standard InChI is InChI=1S/C21H25N5O5/c1-21(2,3)26-19-14(11-23-26)20(28)25(12-22-19)24-17(27)8-7-13-9-15(29-4)18(31-6)16(10-13)30-5/h7-12H,1-6H3,(H,24,27)/b8-7+. The summed E-state index contributed by atoms with van der Waals surface area (Å²) in [7, 11) is 4.53. The number of hydrogen-bond donors (Lipinski definition) is 1. The van der Waals surface area contributed by atoms with Crippen molar-refractivity contribution in [2.24, 2.45) is 0 Å². The van der Waals surface area contributed by atoms with Crippen LogP contribution in [0, 0.1) is 0 Å². The molecule has 164 valence electrons. The Hall–Kier alpha value is -3.82. The average Bonchev–Trinajstić information content (AvgIpc) is 3.18. The molecule has 0 bridgehead atoms. The normalized spacial score (nSPS) is 11.7. The highest BCUT2D eigenvalue weighted by Crippen LogP contribution is 2.38. The Morgan fingerprint density at radius 2 is 1.74 bits per heavy atom. The first-order chi connectivity index (χ1) is 14.7. The topological polar surface area (TPSA) is 110 Å². The van der Waals surface area contributed by atoms with Crippen LogP contribution in [0.5, 0.6) is 17.2 Å². The van der Waals surface area contributed by atoms with Crippen LogP contribution < -0.4 is 25.2 Å². The third-order valence-corrected chi connectivity index (χ3v) is 4.47. The number of benzene rings is 1. The molecule has 0 aliphatic rings. The number of carbonyl (C=O) groups excluding carboxylic acids is 1. The summed E-state index contributed by atoms with van der Waals surface area (Å²) in [6.45, 7) is 5.88. The van der Waals surface area contributed by atoms with Crippen LogP contribution in [0.1, 0.15) is 26.3 Å². The van der Waals surface area contributed by atoms with Crippen molar-refractivity contribution in [3.8, 4) is 17.2 Å². The summed E-state index contributed by atoms with van der Waals surface area (Å²) in [5.41, 5.74) is 2.84. The summed E-state index contributed by atoms with van der Waals surface area (Å²) in [6.07, 6.45) is 5.56. The van der Waals surface area contributed by atoms with Crippen molar-refractivity contribution in [2.45, 2.75) is 26.3 Å². The molecule has 1 N–H and O–H groups in total. The third kappa shape index (κ3) is 4.37. The number of fused-ring (bicyclic) bond motifs is 1. The molecule has 0 fully saturated rings. The second-order valence-corrected chi connectivity index (χ2v) is 7.65. The van der Waals surface area contributed by atoms with Crippen LogP contribution >= 0.6 is 0 Å². The van der Waals surface area contributed by atoms with Crippen molar-refractivity contribution < 1.29 is 19.0 Å². The van der Waals surface area contributed by atoms with Crippen molar-refractivity contribution in [1.29, 1.82) is 0 Å². The van der Waals surface area contributed by atoms with Gasteiger partial charge in [0.05, 0.1) is 33.1 Å². The largest absolute Gasteiger partial charge is 0.493 e. The minimum atomic E-state index is -0.514. The van der Waals surface area contributed by atoms with E-state index in [0.29, 0.717) is 33.8 Å². The lowest BCUT2D eigenvalue weighted by atomic mass is 10.1. The number of nitrogens with one attached hydrogen (secondary N) is 1. The van der Waals surface area contributed by atoms with Crippen LogP contribution in [0.2, 0.25) is 0 Å². The van der Waals surface area contributed by atoms with Crippen LogP contribution in [0.3, 0.4) is 0 Å². The summed E-state index contributed by atoms with van der Waals surface area (Å²) in [5.74, 6) is 0.862. The number of methoxy groups -OCH3 is 3. The first-order valence-electron chi connectivity index (χ1n) is 9.44. The zero-order valence-electron chi connectivity index (χ0n) is 18.3. The number of carbonyl (C=O) groups is 1. The molecular weight excluding hydrogens is 402 g/mol. The summed E-state index contributed by atoms with van der Waals surface area (Å²) in [4.78, 5) is 29.4. The third-order valence-electron chi connectivity index (χ3n) is 4.47. The van der Waals surface area contributed by atoms with Crippen LogP contribution in [0.4, 0.5) is 0 Å². The fraction of sp³-hybridized carbons (Fsp3) is 0.333. The van der Waals surface area contributed by atoms with Crippen LogP contribution in [-0.4, -0.2) is 46.7 Å². The fourth-order valence-electron chi connectivity index (χ4n) is 3.01. The molecular formula is C21H25N5O5. The Labute approximate surface area is 179 Å². The van der Waals surface area contributed by atoms with E-state index in [1.807, 2.05) is 20.8 Å². The predicted molar refractivity (Wildman–Crippen MR) is 116 cm³/mol. The Bertz CT molecular complexity index is 1180. The van der Waals surface area contributed by atoms with Crippen molar-refractivity contribution in [1.82, 2.24) is 19.4 Å². The smallest absolute Gasteiger partial charge is 0.283 e. The molecule has 3 aromatic rings. The van der Waals surface area contributed by atoms with E-state index in [0.717, 1.165) is 4.68 Å². The zero-order valence-corrected chi connectivity index (χ0v) is 18.3. The number of amides is 1. The Morgan fingerprint density at radius 1 is 1.10 bits per heavy atom. The van der Waals surface area contributed by atoms with E-state index in [2.05, 4.69) is 15.5 Å². The van der Waals surface area contributed by atoms with Gasteiger partial charge in [0.2, 0.25) is 5.75 Å². The van der Waals surface area contributed by atoms with Gasteiger partial charge in [0.15, 0.2) is 17.1 Å². The molecule has 0 aliphatic carbocycles. The summed E-state index contributed by atoms with van der Waals surface area (Å²) < 4.78 is 18.6. The molecule has 2 aromatic heterocycles. The molecule has 10 heteroatoms. The molecule has 31 heavy (non-hydrogen) atoms. The van der Waals surface area contributed by atoms with Gasteiger partial charge < -0.3 is 14.2 Å². The van der Waals surface area contributed by atoms with E-state index in [4.69, 9.17) is 14.2 Å². The van der Waals surface area contributed by atoms with Gasteiger partial charge in [-0.25, -0.2) is 14.3 Å². The Morgan fingerprint density at radius 3 is 2.29 bits per heavy atom. The highest BCUT2D eigenvalue weighted by Gasteiger charge is 2.20. The quantitative estimate of drug-likeness (QED) is 0.600. The van der Waals surface area contributed by atoms with Crippen LogP contribution in [-0.2, 0) is 10.3 Å². The van der Waals surface area contributed by atoms with Gasteiger partial charge >= 0.3 is 0 Å². The lowest BCUT2D eigenvalue weighted by Crippen LogP contribution is -2.32. The molecule has 0 saturated carbocycles. The molecule has 0 atom stereocenters. The van der Waals surface area contributed by atoms with Gasteiger partial charge in [-0.15, -0.1) is 0 Å². The van der Waals surface area contributed by atoms with Gasteiger partial charge in [0, 0.05) is 6.08 Å². The Balaban J connectivity index is 1.84. The maximum absolute atomic E-state index is 12.7. The van der Waals surface area contributed by atoms with E-state index >= 15 is 0 Å². The van der Waals surface area contributed by atoms with Crippen molar-refractivity contribution in [3.05, 3.63) is 46.7 Å². The predicted octanol–water partition coefficient (Wildman–Crippen LogP) is 2.16. The van der Waals surface area contributed by atoms with Crippen LogP contribution in [0.15, 0.2) is 35.5 Å². The lowest BCUT2D eigenvalue weighted by Gasteiger charge is -2.19. The van der Waals surface area contributed by atoms with Crippen molar-refractivity contribution in [3.63, 3.8) is 0 Å². The molecule has 0 spiro atoms. The van der Waals surface area contributed by atoms with Gasteiger partial charge in [-0.05, 0) is 44.5 Å². The molecule has 0 unspecified atom stereocenters. The van der Waals surface area contributed by atoms with E-state index in [9.17, 15) is 9.59 Å². The summed E-state index contributed by atoms with van der Waals surface area (Å²) in [6, 6.07) is 3.40. The molecule has 10 nitrogen and oxygen atoms in total. The van der Waals surface area contributed by atoms with Crippen LogP contribution in [0.25, 0.3) is 17.1 Å². The van der Waals surface area contributed by atoms with E-state index in [1.54, 1.807) is 22.9 Å². The monoisotopic (exact) mass is 427 g/mol. The van der Waals surface area contributed by atoms with E-state index in [1.165, 1.54) is 39.9 Å². The van der Waals surface area contributed by atoms with E-state index < -0.39 is 11.5 Å². The van der Waals surface area contributed by atoms with Gasteiger partial charge in [-0.2, -0.15) is 5.10 Å². The Kier molecular flexibility index (Phi) is 6.00. The SMILES string of the molecule is COc1cc(/C=C/C(=O)Nn2cnc3c(cnn3C(C)(C)C)c2=O)cc(OC)c1OC. The number of ether oxygens (including phenoxy) is 3. The molecule has 3 rings (SSSR count). The maximum atomic E-state index is 12.7. The highest BCUT2D eigenvalue weighted by molar-refractivity contribution is 5.97. The minimum absolute atomic E-state index is 0.311. The molecule has 1 amide bonds. The van der Waals surface area contributed by atoms with Crippen molar-refractivity contribution in [2.75, 3.05) is 26.8 Å². The van der Waals surface area contributed by atoms with Gasteiger partial charge in [0.1, 0.15) is 11.7 Å². The number of hydrogen-bond acceptors (Lipinski definition) is 7. The van der Waals surface area contributed by atoms with Gasteiger partial charge in [-0.1, -0.05) is 0 Å². The molecule has 0 radical (unpaired) electrons. The number of aromatic nitrogens is 4. The molecule has 0 saturated heterocycles. The maximum Gasteiger partial charge on any atom is 0.283 e. The second-order valence-electron chi connectivity index (χ2n) is 7.65. The first kappa shape index (κ1) is 21.9. The van der Waals surface area contributed by atoms with Gasteiger partial charge in [-0.3, -0.25) is 15.0 Å². The molecule has 1 aromatic carbocycles. The molecule has 2 heterocycles.